The molecular weight excluding hydrogens is 306 g/mol. The van der Waals surface area contributed by atoms with Crippen LogP contribution in [-0.4, -0.2) is 42.3 Å². The zero-order chi connectivity index (χ0) is 18.2. The summed E-state index contributed by atoms with van der Waals surface area (Å²) in [6, 6.07) is 0. The number of hydrogen-bond acceptors (Lipinski definition) is 3. The SMILES string of the molecule is C=CC(C)=CC.CNC.CNC.CNC.[CH3][Ti][C]1=CC=CC1. The van der Waals surface area contributed by atoms with E-state index in [4.69, 9.17) is 0 Å². The Hall–Kier alpha value is -0.446. The Bertz CT molecular complexity index is 277. The second-order valence-electron chi connectivity index (χ2n) is 4.31. The minimum atomic E-state index is 0.292. The molecule has 3 N–H and O–H groups in total. The summed E-state index contributed by atoms with van der Waals surface area (Å²) in [7, 11) is 11.2. The zero-order valence-electron chi connectivity index (χ0n) is 16.3. The van der Waals surface area contributed by atoms with Gasteiger partial charge < -0.3 is 16.0 Å². The van der Waals surface area contributed by atoms with Gasteiger partial charge in [-0.25, -0.2) is 0 Å². The number of allylic oxidation sites excluding steroid dienone is 7. The van der Waals surface area contributed by atoms with E-state index in [2.05, 4.69) is 46.0 Å². The molecule has 0 saturated heterocycles. The molecule has 1 aliphatic rings. The summed E-state index contributed by atoms with van der Waals surface area (Å²) in [5.41, 5.74) is 1.23. The molecule has 0 aliphatic heterocycles. The van der Waals surface area contributed by atoms with Crippen LogP contribution in [0, 0.1) is 0 Å². The molecule has 0 spiro atoms. The Labute approximate surface area is 149 Å². The second kappa shape index (κ2) is 32.5. The first-order valence-corrected chi connectivity index (χ1v) is 9.87. The van der Waals surface area contributed by atoms with Gasteiger partial charge in [0.25, 0.3) is 0 Å². The first kappa shape index (κ1) is 29.6. The Balaban J connectivity index is -0.0000000985. The molecule has 0 aromatic heterocycles. The van der Waals surface area contributed by atoms with Gasteiger partial charge in [0.15, 0.2) is 0 Å². The summed E-state index contributed by atoms with van der Waals surface area (Å²) in [4.78, 5) is 0. The van der Waals surface area contributed by atoms with Gasteiger partial charge in [-0.05, 0) is 56.1 Å². The zero-order valence-corrected chi connectivity index (χ0v) is 17.9. The maximum atomic E-state index is 3.56. The van der Waals surface area contributed by atoms with Crippen LogP contribution in [-0.2, 0) is 19.2 Å². The van der Waals surface area contributed by atoms with E-state index in [0.29, 0.717) is 19.2 Å². The third kappa shape index (κ3) is 42.7. The molecular formula is C18H39N3Ti. The summed E-state index contributed by atoms with van der Waals surface area (Å²) < 4.78 is 1.68. The van der Waals surface area contributed by atoms with Crippen LogP contribution in [0.3, 0.4) is 0 Å². The predicted molar refractivity (Wildman–Crippen MR) is 102 cm³/mol. The third-order valence-electron chi connectivity index (χ3n) is 1.87. The Morgan fingerprint density at radius 1 is 1.09 bits per heavy atom. The van der Waals surface area contributed by atoms with E-state index >= 15 is 0 Å². The van der Waals surface area contributed by atoms with Crippen molar-refractivity contribution in [2.45, 2.75) is 25.5 Å². The number of hydrogen-bond donors (Lipinski definition) is 3. The molecule has 0 bridgehead atoms. The summed E-state index contributed by atoms with van der Waals surface area (Å²) in [5.74, 6) is 0. The average molecular weight is 345 g/mol. The monoisotopic (exact) mass is 345 g/mol. The Kier molecular flexibility index (Phi) is 43.6. The fraction of sp³-hybridized carbons (Fsp3) is 0.556. The van der Waals surface area contributed by atoms with E-state index in [1.165, 1.54) is 12.0 Å². The summed E-state index contributed by atoms with van der Waals surface area (Å²) in [6.07, 6.45) is 11.7. The molecule has 130 valence electrons. The molecule has 1 rings (SSSR count). The van der Waals surface area contributed by atoms with Crippen molar-refractivity contribution in [1.29, 1.82) is 0 Å². The van der Waals surface area contributed by atoms with Gasteiger partial charge >= 0.3 is 52.9 Å². The van der Waals surface area contributed by atoms with Crippen molar-refractivity contribution in [3.8, 4) is 0 Å². The summed E-state index contributed by atoms with van der Waals surface area (Å²) in [6.45, 7) is 7.58. The van der Waals surface area contributed by atoms with E-state index in [1.54, 1.807) is 3.88 Å². The van der Waals surface area contributed by atoms with E-state index in [1.807, 2.05) is 68.3 Å². The van der Waals surface area contributed by atoms with Gasteiger partial charge in [-0.3, -0.25) is 0 Å². The van der Waals surface area contributed by atoms with Gasteiger partial charge in [-0.1, -0.05) is 24.3 Å². The molecule has 0 heterocycles. The topological polar surface area (TPSA) is 36.1 Å². The van der Waals surface area contributed by atoms with Gasteiger partial charge in [-0.2, -0.15) is 0 Å². The number of nitrogens with one attached hydrogen (secondary N) is 3. The quantitative estimate of drug-likeness (QED) is 0.529. The van der Waals surface area contributed by atoms with Crippen molar-refractivity contribution in [3.05, 3.63) is 46.4 Å². The molecule has 0 radical (unpaired) electrons. The molecule has 4 heteroatoms. The van der Waals surface area contributed by atoms with Crippen molar-refractivity contribution in [1.82, 2.24) is 16.0 Å². The van der Waals surface area contributed by atoms with Crippen LogP contribution < -0.4 is 16.0 Å². The summed E-state index contributed by atoms with van der Waals surface area (Å²) >= 11 is 0.292. The molecule has 0 fully saturated rings. The molecule has 22 heavy (non-hydrogen) atoms. The maximum absolute atomic E-state index is 3.56. The standard InChI is InChI=1S/C6H10.C5H5.3C2H7N.CH3.Ti/c1-4-6(3)5-2;1-2-4-5-3-1;3*1-3-2;;/h4-5H,1H2,2-3H3;1-3H,4H2;3*3H,1-2H3;1H3;. The van der Waals surface area contributed by atoms with Gasteiger partial charge in [0.2, 0.25) is 0 Å². The van der Waals surface area contributed by atoms with Crippen molar-refractivity contribution in [3.63, 3.8) is 0 Å². The van der Waals surface area contributed by atoms with Crippen LogP contribution in [0.4, 0.5) is 0 Å². The van der Waals surface area contributed by atoms with Gasteiger partial charge in [0, 0.05) is 0 Å². The molecule has 3 nitrogen and oxygen atoms in total. The van der Waals surface area contributed by atoms with Crippen LogP contribution in [0.2, 0.25) is 5.23 Å². The van der Waals surface area contributed by atoms with Gasteiger partial charge in [0.05, 0.1) is 0 Å². The van der Waals surface area contributed by atoms with Crippen LogP contribution in [0.15, 0.2) is 46.4 Å². The van der Waals surface area contributed by atoms with Crippen LogP contribution >= 0.6 is 0 Å². The van der Waals surface area contributed by atoms with E-state index in [-0.39, 0.29) is 0 Å². The Morgan fingerprint density at radius 3 is 1.59 bits per heavy atom. The van der Waals surface area contributed by atoms with Crippen LogP contribution in [0.1, 0.15) is 20.3 Å². The van der Waals surface area contributed by atoms with Gasteiger partial charge in [0.1, 0.15) is 0 Å². The molecule has 1 aliphatic carbocycles. The molecule has 0 saturated carbocycles. The fourth-order valence-electron chi connectivity index (χ4n) is 0.750. The van der Waals surface area contributed by atoms with E-state index in [9.17, 15) is 0 Å². The van der Waals surface area contributed by atoms with E-state index in [0.717, 1.165) is 0 Å². The number of rotatable bonds is 2. The third-order valence-corrected chi connectivity index (χ3v) is 3.45. The first-order chi connectivity index (χ1) is 10.5. The molecule has 0 atom stereocenters. The molecule has 0 aromatic rings. The van der Waals surface area contributed by atoms with Crippen molar-refractivity contribution >= 4 is 0 Å². The second-order valence-corrected chi connectivity index (χ2v) is 6.09. The summed E-state index contributed by atoms with van der Waals surface area (Å²) in [5, 5.41) is 10.6. The van der Waals surface area contributed by atoms with Crippen molar-refractivity contribution < 1.29 is 19.2 Å². The molecule has 0 aromatic carbocycles. The molecule has 0 unspecified atom stereocenters. The van der Waals surface area contributed by atoms with Crippen molar-refractivity contribution in [2.24, 2.45) is 0 Å². The first-order valence-electron chi connectivity index (χ1n) is 7.53. The van der Waals surface area contributed by atoms with E-state index < -0.39 is 0 Å². The average Bonchev–Trinajstić information content (AvgIpc) is 3.03. The minimum absolute atomic E-state index is 0.292. The van der Waals surface area contributed by atoms with Crippen LogP contribution in [0.25, 0.3) is 0 Å². The van der Waals surface area contributed by atoms with Crippen LogP contribution in [0.5, 0.6) is 0 Å². The predicted octanol–water partition coefficient (Wildman–Crippen LogP) is 3.61. The van der Waals surface area contributed by atoms with Crippen molar-refractivity contribution in [2.75, 3.05) is 42.3 Å². The fourth-order valence-corrected chi connectivity index (χ4v) is 1.66. The Morgan fingerprint density at radius 2 is 1.50 bits per heavy atom. The molecule has 0 amide bonds. The normalized spacial score (nSPS) is 11.0. The van der Waals surface area contributed by atoms with Gasteiger partial charge in [-0.15, -0.1) is 0 Å².